The zero-order valence-electron chi connectivity index (χ0n) is 11.5. The molecular formula is C13H24N4. The zero-order valence-corrected chi connectivity index (χ0v) is 11.5. The quantitative estimate of drug-likeness (QED) is 0.784. The topological polar surface area (TPSA) is 32.3 Å². The number of anilines is 1. The van der Waals surface area contributed by atoms with E-state index in [0.717, 1.165) is 38.5 Å². The maximum Gasteiger partial charge on any atom is 0.225 e. The van der Waals surface area contributed by atoms with Crippen molar-refractivity contribution in [2.45, 2.75) is 27.2 Å². The van der Waals surface area contributed by atoms with Gasteiger partial charge in [0.05, 0.1) is 0 Å². The summed E-state index contributed by atoms with van der Waals surface area (Å²) in [4.78, 5) is 13.4. The molecule has 0 bridgehead atoms. The van der Waals surface area contributed by atoms with E-state index in [-0.39, 0.29) is 0 Å². The van der Waals surface area contributed by atoms with Crippen molar-refractivity contribution in [3.05, 3.63) is 18.0 Å². The van der Waals surface area contributed by atoms with E-state index in [1.165, 1.54) is 5.56 Å². The molecule has 96 valence electrons. The standard InChI is InChI=1S/C11H18N4.C2H6/c1-3-10-8-12-11(13-9-10)15-6-4-14(2)5-7-15;1-2/h8-9H,3-7H2,1-2H3;1-2H3. The highest BCUT2D eigenvalue weighted by Gasteiger charge is 2.15. The Morgan fingerprint density at radius 1 is 1.06 bits per heavy atom. The van der Waals surface area contributed by atoms with Gasteiger partial charge in [0.1, 0.15) is 0 Å². The maximum atomic E-state index is 4.39. The van der Waals surface area contributed by atoms with Crippen LogP contribution in [-0.4, -0.2) is 48.1 Å². The first kappa shape index (κ1) is 13.9. The largest absolute Gasteiger partial charge is 0.338 e. The molecule has 17 heavy (non-hydrogen) atoms. The maximum absolute atomic E-state index is 4.39. The van der Waals surface area contributed by atoms with Crippen LogP contribution in [0.3, 0.4) is 0 Å². The van der Waals surface area contributed by atoms with Crippen molar-refractivity contribution < 1.29 is 0 Å². The van der Waals surface area contributed by atoms with Crippen LogP contribution in [-0.2, 0) is 6.42 Å². The third kappa shape index (κ3) is 3.97. The van der Waals surface area contributed by atoms with E-state index in [4.69, 9.17) is 0 Å². The van der Waals surface area contributed by atoms with Gasteiger partial charge in [-0.1, -0.05) is 20.8 Å². The van der Waals surface area contributed by atoms with Crippen molar-refractivity contribution >= 4 is 5.95 Å². The van der Waals surface area contributed by atoms with Gasteiger partial charge in [0, 0.05) is 38.6 Å². The van der Waals surface area contributed by atoms with Crippen LogP contribution in [0, 0.1) is 0 Å². The Hall–Kier alpha value is -1.16. The zero-order chi connectivity index (χ0) is 12.7. The fourth-order valence-corrected chi connectivity index (χ4v) is 1.70. The molecule has 0 unspecified atom stereocenters. The van der Waals surface area contributed by atoms with E-state index in [2.05, 4.69) is 33.7 Å². The summed E-state index contributed by atoms with van der Waals surface area (Å²) in [5, 5.41) is 0. The van der Waals surface area contributed by atoms with Crippen molar-refractivity contribution in [1.29, 1.82) is 0 Å². The number of nitrogens with zero attached hydrogens (tertiary/aromatic N) is 4. The second-order valence-corrected chi connectivity index (χ2v) is 4.04. The highest BCUT2D eigenvalue weighted by Crippen LogP contribution is 2.09. The molecule has 4 nitrogen and oxygen atoms in total. The molecule has 1 aromatic rings. The van der Waals surface area contributed by atoms with Crippen molar-refractivity contribution in [1.82, 2.24) is 14.9 Å². The number of piperazine rings is 1. The van der Waals surface area contributed by atoms with Crippen molar-refractivity contribution in [2.24, 2.45) is 0 Å². The molecular weight excluding hydrogens is 212 g/mol. The lowest BCUT2D eigenvalue weighted by Gasteiger charge is -2.32. The number of hydrogen-bond acceptors (Lipinski definition) is 4. The number of likely N-dealkylation sites (N-methyl/N-ethyl adjacent to an activating group) is 1. The lowest BCUT2D eigenvalue weighted by atomic mass is 10.3. The Labute approximate surface area is 105 Å². The molecule has 2 rings (SSSR count). The SMILES string of the molecule is CC.CCc1cnc(N2CCN(C)CC2)nc1. The highest BCUT2D eigenvalue weighted by molar-refractivity contribution is 5.30. The van der Waals surface area contributed by atoms with E-state index in [0.29, 0.717) is 0 Å². The first-order valence-electron chi connectivity index (χ1n) is 6.54. The molecule has 0 radical (unpaired) electrons. The van der Waals surface area contributed by atoms with E-state index < -0.39 is 0 Å². The van der Waals surface area contributed by atoms with Gasteiger partial charge in [-0.25, -0.2) is 9.97 Å². The van der Waals surface area contributed by atoms with Crippen LogP contribution in [0.1, 0.15) is 26.3 Å². The fourth-order valence-electron chi connectivity index (χ4n) is 1.70. The third-order valence-electron chi connectivity index (χ3n) is 2.89. The molecule has 0 N–H and O–H groups in total. The molecule has 0 spiro atoms. The average molecular weight is 236 g/mol. The first-order chi connectivity index (χ1) is 8.29. The second-order valence-electron chi connectivity index (χ2n) is 4.04. The van der Waals surface area contributed by atoms with Crippen LogP contribution in [0.5, 0.6) is 0 Å². The Morgan fingerprint density at radius 3 is 2.06 bits per heavy atom. The molecule has 1 aliphatic heterocycles. The lowest BCUT2D eigenvalue weighted by molar-refractivity contribution is 0.311. The lowest BCUT2D eigenvalue weighted by Crippen LogP contribution is -2.45. The molecule has 4 heteroatoms. The van der Waals surface area contributed by atoms with Gasteiger partial charge in [-0.05, 0) is 19.0 Å². The summed E-state index contributed by atoms with van der Waals surface area (Å²) < 4.78 is 0. The molecule has 0 saturated carbocycles. The normalized spacial score (nSPS) is 16.4. The van der Waals surface area contributed by atoms with E-state index in [1.54, 1.807) is 0 Å². The molecule has 0 aliphatic carbocycles. The molecule has 0 atom stereocenters. The number of hydrogen-bond donors (Lipinski definition) is 0. The van der Waals surface area contributed by atoms with Crippen molar-refractivity contribution in [3.63, 3.8) is 0 Å². The minimum atomic E-state index is 0.875. The predicted molar refractivity (Wildman–Crippen MR) is 72.5 cm³/mol. The van der Waals surface area contributed by atoms with Crippen LogP contribution in [0.4, 0.5) is 5.95 Å². The summed E-state index contributed by atoms with van der Waals surface area (Å²) in [6.07, 6.45) is 4.87. The van der Waals surface area contributed by atoms with Crippen LogP contribution in [0.25, 0.3) is 0 Å². The van der Waals surface area contributed by atoms with Gasteiger partial charge >= 0.3 is 0 Å². The Balaban J connectivity index is 0.000000686. The number of aromatic nitrogens is 2. The van der Waals surface area contributed by atoms with Crippen LogP contribution in [0.2, 0.25) is 0 Å². The molecule has 1 aromatic heterocycles. The van der Waals surface area contributed by atoms with Gasteiger partial charge in [-0.2, -0.15) is 0 Å². The molecule has 0 aromatic carbocycles. The second kappa shape index (κ2) is 7.22. The predicted octanol–water partition coefficient (Wildman–Crippen LogP) is 1.82. The smallest absolute Gasteiger partial charge is 0.225 e. The fraction of sp³-hybridized carbons (Fsp3) is 0.692. The summed E-state index contributed by atoms with van der Waals surface area (Å²) in [5.74, 6) is 0.875. The monoisotopic (exact) mass is 236 g/mol. The molecule has 0 amide bonds. The Kier molecular flexibility index (Phi) is 5.91. The van der Waals surface area contributed by atoms with Crippen LogP contribution in [0.15, 0.2) is 12.4 Å². The van der Waals surface area contributed by atoms with Gasteiger partial charge in [0.15, 0.2) is 0 Å². The minimum Gasteiger partial charge on any atom is -0.338 e. The van der Waals surface area contributed by atoms with Gasteiger partial charge in [0.25, 0.3) is 0 Å². The summed E-state index contributed by atoms with van der Waals surface area (Å²) in [6, 6.07) is 0. The highest BCUT2D eigenvalue weighted by atomic mass is 15.3. The van der Waals surface area contributed by atoms with Crippen molar-refractivity contribution in [3.8, 4) is 0 Å². The van der Waals surface area contributed by atoms with E-state index >= 15 is 0 Å². The molecule has 1 aliphatic rings. The molecule has 1 fully saturated rings. The summed E-state index contributed by atoms with van der Waals surface area (Å²) >= 11 is 0. The average Bonchev–Trinajstić information content (AvgIpc) is 2.42. The number of aryl methyl sites for hydroxylation is 1. The van der Waals surface area contributed by atoms with Crippen LogP contribution < -0.4 is 4.90 Å². The molecule has 2 heterocycles. The third-order valence-corrected chi connectivity index (χ3v) is 2.89. The first-order valence-corrected chi connectivity index (χ1v) is 6.54. The Bertz CT molecular complexity index is 302. The minimum absolute atomic E-state index is 0.875. The van der Waals surface area contributed by atoms with Gasteiger partial charge < -0.3 is 9.80 Å². The summed E-state index contributed by atoms with van der Waals surface area (Å²) in [5.41, 5.74) is 1.20. The Morgan fingerprint density at radius 2 is 1.59 bits per heavy atom. The van der Waals surface area contributed by atoms with E-state index in [1.807, 2.05) is 26.2 Å². The van der Waals surface area contributed by atoms with Gasteiger partial charge in [-0.3, -0.25) is 0 Å². The number of rotatable bonds is 2. The summed E-state index contributed by atoms with van der Waals surface area (Å²) in [7, 11) is 2.15. The summed E-state index contributed by atoms with van der Waals surface area (Å²) in [6.45, 7) is 10.4. The van der Waals surface area contributed by atoms with Gasteiger partial charge in [-0.15, -0.1) is 0 Å². The van der Waals surface area contributed by atoms with Gasteiger partial charge in [0.2, 0.25) is 5.95 Å². The van der Waals surface area contributed by atoms with Crippen molar-refractivity contribution in [2.75, 3.05) is 38.1 Å². The molecule has 1 saturated heterocycles. The van der Waals surface area contributed by atoms with Crippen LogP contribution >= 0.6 is 0 Å². The van der Waals surface area contributed by atoms with E-state index in [9.17, 15) is 0 Å².